The molecule has 0 amide bonds. The van der Waals surface area contributed by atoms with Crippen molar-refractivity contribution >= 4 is 11.3 Å². The van der Waals surface area contributed by atoms with Crippen LogP contribution in [-0.2, 0) is 0 Å². The predicted octanol–water partition coefficient (Wildman–Crippen LogP) is -2.81. The van der Waals surface area contributed by atoms with E-state index in [9.17, 15) is 0 Å². The normalized spacial score (nSPS) is 9.79. The minimum atomic E-state index is 0. The van der Waals surface area contributed by atoms with Gasteiger partial charge < -0.3 is 0 Å². The summed E-state index contributed by atoms with van der Waals surface area (Å²) in [6.45, 7) is 2.20. The summed E-state index contributed by atoms with van der Waals surface area (Å²) in [5.74, 6) is 0. The third kappa shape index (κ3) is 3.13. The number of rotatable bonds is 2. The van der Waals surface area contributed by atoms with Crippen molar-refractivity contribution in [2.75, 3.05) is 0 Å². The molecule has 1 aromatic carbocycles. The zero-order chi connectivity index (χ0) is 9.10. The molecular weight excluding hydrogens is 298 g/mol. The first-order chi connectivity index (χ1) is 6.36. The maximum Gasteiger partial charge on any atom is 1.00 e. The first kappa shape index (κ1) is 12.3. The minimum absolute atomic E-state index is 0. The molecule has 2 rings (SSSR count). The zero-order valence-electron chi connectivity index (χ0n) is 8.33. The Morgan fingerprint density at radius 2 is 1.79 bits per heavy atom. The van der Waals surface area contributed by atoms with Crippen LogP contribution in [-0.4, -0.2) is 0 Å². The van der Waals surface area contributed by atoms with Gasteiger partial charge >= 0.3 is 112 Å². The van der Waals surface area contributed by atoms with E-state index in [0.29, 0.717) is 0 Å². The average molecular weight is 308 g/mol. The summed E-state index contributed by atoms with van der Waals surface area (Å²) in [4.78, 5) is 0. The van der Waals surface area contributed by atoms with E-state index in [1.807, 2.05) is 11.3 Å². The van der Waals surface area contributed by atoms with Crippen LogP contribution in [0.4, 0.5) is 0 Å². The molecule has 0 saturated carbocycles. The predicted molar refractivity (Wildman–Crippen MR) is 52.9 cm³/mol. The monoisotopic (exact) mass is 308 g/mol. The molecule has 0 radical (unpaired) electrons. The fourth-order valence-electron chi connectivity index (χ4n) is 1.03. The molecular formula is C11H10ILiS. The molecule has 0 aliphatic carbocycles. The van der Waals surface area contributed by atoms with Crippen molar-refractivity contribution in [1.29, 1.82) is 0 Å². The summed E-state index contributed by atoms with van der Waals surface area (Å²) >= 11 is 1.96. The quantitative estimate of drug-likeness (QED) is 0.415. The van der Waals surface area contributed by atoms with Gasteiger partial charge in [-0.1, -0.05) is 0 Å². The van der Waals surface area contributed by atoms with Crippen molar-refractivity contribution in [2.24, 2.45) is 0 Å². The van der Waals surface area contributed by atoms with Crippen molar-refractivity contribution in [2.45, 2.75) is 6.92 Å². The smallest absolute Gasteiger partial charge is 1.00 e. The van der Waals surface area contributed by atoms with Crippen molar-refractivity contribution < 1.29 is 40.1 Å². The van der Waals surface area contributed by atoms with Gasteiger partial charge in [0.1, 0.15) is 0 Å². The molecule has 0 atom stereocenters. The molecule has 0 saturated heterocycles. The van der Waals surface area contributed by atoms with Crippen LogP contribution in [0.25, 0.3) is 0 Å². The molecule has 1 heterocycles. The first-order valence-corrected chi connectivity index (χ1v) is 7.14. The average Bonchev–Trinajstić information content (AvgIpc) is 2.54. The van der Waals surface area contributed by atoms with E-state index in [1.54, 1.807) is 2.88 Å². The van der Waals surface area contributed by atoms with Gasteiger partial charge in [-0.2, -0.15) is 0 Å². The fraction of sp³-hybridized carbons (Fsp3) is 0.0909. The van der Waals surface area contributed by atoms with Crippen molar-refractivity contribution in [3.63, 3.8) is 0 Å². The SMILES string of the molecule is Cc1ccsc1[I-]c1ccccc1.[Li+]. The molecule has 3 heteroatoms. The van der Waals surface area contributed by atoms with E-state index in [-0.39, 0.29) is 40.1 Å². The van der Waals surface area contributed by atoms with Crippen molar-refractivity contribution in [1.82, 2.24) is 0 Å². The molecule has 0 aliphatic rings. The van der Waals surface area contributed by atoms with Crippen LogP contribution in [0.5, 0.6) is 0 Å². The molecule has 0 N–H and O–H groups in total. The van der Waals surface area contributed by atoms with E-state index in [4.69, 9.17) is 0 Å². The molecule has 0 fully saturated rings. The third-order valence-corrected chi connectivity index (χ3v) is 6.49. The van der Waals surface area contributed by atoms with Gasteiger partial charge in [-0.15, -0.1) is 0 Å². The number of benzene rings is 1. The number of hydrogen-bond acceptors (Lipinski definition) is 1. The Morgan fingerprint density at radius 1 is 1.07 bits per heavy atom. The van der Waals surface area contributed by atoms with Gasteiger partial charge in [0.25, 0.3) is 0 Å². The van der Waals surface area contributed by atoms with E-state index >= 15 is 0 Å². The summed E-state index contributed by atoms with van der Waals surface area (Å²) in [6, 6.07) is 13.0. The Bertz CT molecular complexity index is 383. The Kier molecular flexibility index (Phi) is 5.25. The Balaban J connectivity index is 0.000000980. The molecule has 68 valence electrons. The largest absolute Gasteiger partial charge is 1.00 e. The van der Waals surface area contributed by atoms with Gasteiger partial charge in [-0.05, 0) is 0 Å². The Hall–Kier alpha value is 0.247. The number of hydrogen-bond donors (Lipinski definition) is 0. The second kappa shape index (κ2) is 5.97. The summed E-state index contributed by atoms with van der Waals surface area (Å²) in [7, 11) is 0. The molecule has 0 unspecified atom stereocenters. The van der Waals surface area contributed by atoms with E-state index in [2.05, 4.69) is 48.7 Å². The van der Waals surface area contributed by atoms with Crippen LogP contribution in [0.15, 0.2) is 41.8 Å². The van der Waals surface area contributed by atoms with Crippen LogP contribution < -0.4 is 40.1 Å². The van der Waals surface area contributed by atoms with Gasteiger partial charge in [0, 0.05) is 0 Å². The fourth-order valence-corrected chi connectivity index (χ4v) is 5.08. The topological polar surface area (TPSA) is 0 Å². The first-order valence-electron chi connectivity index (χ1n) is 4.10. The molecule has 1 aromatic heterocycles. The number of aryl methyl sites for hydroxylation is 1. The second-order valence-electron chi connectivity index (χ2n) is 2.77. The van der Waals surface area contributed by atoms with Crippen LogP contribution in [0, 0.1) is 13.4 Å². The van der Waals surface area contributed by atoms with Crippen molar-refractivity contribution in [3.05, 3.63) is 53.8 Å². The van der Waals surface area contributed by atoms with E-state index < -0.39 is 0 Å². The Morgan fingerprint density at radius 3 is 2.36 bits per heavy atom. The van der Waals surface area contributed by atoms with Gasteiger partial charge in [-0.3, -0.25) is 0 Å². The van der Waals surface area contributed by atoms with E-state index in [0.717, 1.165) is 0 Å². The van der Waals surface area contributed by atoms with Crippen LogP contribution in [0.1, 0.15) is 5.56 Å². The van der Waals surface area contributed by atoms with Crippen LogP contribution in [0.3, 0.4) is 0 Å². The second-order valence-corrected chi connectivity index (χ2v) is 7.28. The van der Waals surface area contributed by atoms with Gasteiger partial charge in [0.15, 0.2) is 0 Å². The van der Waals surface area contributed by atoms with Crippen molar-refractivity contribution in [3.8, 4) is 0 Å². The summed E-state index contributed by atoms with van der Waals surface area (Å²) in [6.07, 6.45) is 0. The molecule has 2 aromatic rings. The minimum Gasteiger partial charge on any atom is 1.00 e. The number of halogens is 1. The zero-order valence-corrected chi connectivity index (χ0v) is 11.3. The van der Waals surface area contributed by atoms with Crippen LogP contribution >= 0.6 is 11.3 Å². The van der Waals surface area contributed by atoms with Gasteiger partial charge in [-0.25, -0.2) is 0 Å². The maximum atomic E-state index is 2.23. The molecule has 14 heavy (non-hydrogen) atoms. The van der Waals surface area contributed by atoms with Gasteiger partial charge in [0.2, 0.25) is 0 Å². The standard InChI is InChI=1S/C11H10IS.Li/c1-9-7-8-13-11(9)12-10-5-3-2-4-6-10;/h2-8H,1H3;/q-1;+1. The number of thiophene rings is 1. The van der Waals surface area contributed by atoms with E-state index in [1.165, 1.54) is 9.13 Å². The Labute approximate surface area is 111 Å². The molecule has 0 aliphatic heterocycles. The van der Waals surface area contributed by atoms with Crippen LogP contribution in [0.2, 0.25) is 0 Å². The summed E-state index contributed by atoms with van der Waals surface area (Å²) in [5, 5.41) is 2.19. The summed E-state index contributed by atoms with van der Waals surface area (Å²) < 4.78 is 3.09. The molecule has 0 bridgehead atoms. The third-order valence-electron chi connectivity index (χ3n) is 1.73. The van der Waals surface area contributed by atoms with Gasteiger partial charge in [0.05, 0.1) is 0 Å². The summed E-state index contributed by atoms with van der Waals surface area (Å²) in [5.41, 5.74) is 1.46. The maximum absolute atomic E-state index is 2.23. The molecule has 0 spiro atoms. The molecule has 0 nitrogen and oxygen atoms in total.